The Hall–Kier alpha value is -1.97. The van der Waals surface area contributed by atoms with E-state index >= 15 is 0 Å². The van der Waals surface area contributed by atoms with E-state index in [1.54, 1.807) is 24.3 Å². The highest BCUT2D eigenvalue weighted by molar-refractivity contribution is 6.31. The molecule has 0 saturated carbocycles. The maximum Gasteiger partial charge on any atom is 0.228 e. The van der Waals surface area contributed by atoms with Crippen LogP contribution in [0.5, 0.6) is 5.75 Å². The van der Waals surface area contributed by atoms with Crippen molar-refractivity contribution in [2.75, 3.05) is 0 Å². The molecule has 3 rings (SSSR count). The van der Waals surface area contributed by atoms with Gasteiger partial charge >= 0.3 is 0 Å². The molecule has 1 N–H and O–H groups in total. The second-order valence-corrected chi connectivity index (χ2v) is 4.41. The first-order valence-corrected chi connectivity index (χ1v) is 6.13. The molecule has 0 amide bonds. The number of oxazole rings is 1. The summed E-state index contributed by atoms with van der Waals surface area (Å²) >= 11 is 6.11. The van der Waals surface area contributed by atoms with E-state index in [1.165, 1.54) is 0 Å². The average molecular weight is 308 g/mol. The minimum Gasteiger partial charge on any atom is -0.508 e. The summed E-state index contributed by atoms with van der Waals surface area (Å²) in [5.74, 6) is 1.18. The Balaban J connectivity index is 0.00000147. The number of rotatable bonds is 2. The third kappa shape index (κ3) is 2.79. The van der Waals surface area contributed by atoms with Crippen molar-refractivity contribution in [1.82, 2.24) is 4.98 Å². The molecule has 0 saturated heterocycles. The second kappa shape index (κ2) is 5.99. The number of aromatic hydroxyl groups is 1. The molecule has 0 radical (unpaired) electrons. The van der Waals surface area contributed by atoms with Crippen LogP contribution in [-0.2, 0) is 0 Å². The highest BCUT2D eigenvalue weighted by atomic mass is 35.5. The van der Waals surface area contributed by atoms with Crippen LogP contribution in [-0.4, -0.2) is 10.1 Å². The molecule has 5 heteroatoms. The molecule has 2 aromatic carbocycles. The van der Waals surface area contributed by atoms with E-state index < -0.39 is 0 Å². The summed E-state index contributed by atoms with van der Waals surface area (Å²) < 4.78 is 5.70. The summed E-state index contributed by atoms with van der Waals surface area (Å²) in [5, 5.41) is 9.59. The summed E-state index contributed by atoms with van der Waals surface area (Å²) in [6, 6.07) is 16.2. The lowest BCUT2D eigenvalue weighted by Gasteiger charge is -1.97. The predicted molar refractivity (Wildman–Crippen MR) is 81.3 cm³/mol. The van der Waals surface area contributed by atoms with Gasteiger partial charge in [-0.25, -0.2) is 0 Å². The van der Waals surface area contributed by atoms with E-state index in [4.69, 9.17) is 16.0 Å². The van der Waals surface area contributed by atoms with Crippen molar-refractivity contribution < 1.29 is 9.52 Å². The molecule has 0 atom stereocenters. The van der Waals surface area contributed by atoms with Crippen LogP contribution < -0.4 is 0 Å². The van der Waals surface area contributed by atoms with Gasteiger partial charge in [-0.1, -0.05) is 41.9 Å². The van der Waals surface area contributed by atoms with Crippen LogP contribution in [0.1, 0.15) is 0 Å². The molecule has 3 aromatic rings. The largest absolute Gasteiger partial charge is 0.508 e. The van der Waals surface area contributed by atoms with Gasteiger partial charge in [0, 0.05) is 11.1 Å². The first-order valence-electron chi connectivity index (χ1n) is 5.75. The SMILES string of the molecule is Cl.Oc1ccc(-c2nc(Cl)c(-c3ccccc3)o2)cc1. The van der Waals surface area contributed by atoms with E-state index in [-0.39, 0.29) is 18.2 Å². The maximum atomic E-state index is 9.26. The third-order valence-corrected chi connectivity index (χ3v) is 2.99. The van der Waals surface area contributed by atoms with Crippen molar-refractivity contribution in [1.29, 1.82) is 0 Å². The van der Waals surface area contributed by atoms with E-state index in [9.17, 15) is 5.11 Å². The van der Waals surface area contributed by atoms with Crippen LogP contribution >= 0.6 is 24.0 Å². The summed E-state index contributed by atoms with van der Waals surface area (Å²) in [6.45, 7) is 0. The Kier molecular flexibility index (Phi) is 4.32. The van der Waals surface area contributed by atoms with Crippen LogP contribution in [0.4, 0.5) is 0 Å². The highest BCUT2D eigenvalue weighted by Crippen LogP contribution is 2.32. The van der Waals surface area contributed by atoms with Gasteiger partial charge in [0.25, 0.3) is 0 Å². The van der Waals surface area contributed by atoms with Gasteiger partial charge in [0.15, 0.2) is 10.9 Å². The molecular weight excluding hydrogens is 297 g/mol. The first kappa shape index (κ1) is 14.4. The first-order chi connectivity index (χ1) is 9.24. The normalized spacial score (nSPS) is 10.1. The van der Waals surface area contributed by atoms with Crippen LogP contribution in [0.2, 0.25) is 5.15 Å². The molecule has 0 aliphatic carbocycles. The number of benzene rings is 2. The molecule has 0 aliphatic heterocycles. The Labute approximate surface area is 127 Å². The minimum absolute atomic E-state index is 0. The van der Waals surface area contributed by atoms with Crippen molar-refractivity contribution in [2.24, 2.45) is 0 Å². The molecule has 1 heterocycles. The predicted octanol–water partition coefficient (Wildman–Crippen LogP) is 4.79. The van der Waals surface area contributed by atoms with Crippen molar-refractivity contribution in [3.63, 3.8) is 0 Å². The monoisotopic (exact) mass is 307 g/mol. The number of aromatic nitrogens is 1. The van der Waals surface area contributed by atoms with Gasteiger partial charge < -0.3 is 9.52 Å². The van der Waals surface area contributed by atoms with Crippen LogP contribution in [0.25, 0.3) is 22.8 Å². The second-order valence-electron chi connectivity index (χ2n) is 4.05. The van der Waals surface area contributed by atoms with Gasteiger partial charge in [0.05, 0.1) is 0 Å². The zero-order valence-corrected chi connectivity index (χ0v) is 11.9. The van der Waals surface area contributed by atoms with Gasteiger partial charge in [-0.2, -0.15) is 4.98 Å². The lowest BCUT2D eigenvalue weighted by Crippen LogP contribution is -1.75. The van der Waals surface area contributed by atoms with E-state index in [0.29, 0.717) is 16.8 Å². The van der Waals surface area contributed by atoms with Crippen molar-refractivity contribution >= 4 is 24.0 Å². The molecule has 102 valence electrons. The summed E-state index contributed by atoms with van der Waals surface area (Å²) in [4.78, 5) is 4.20. The van der Waals surface area contributed by atoms with Gasteiger partial charge in [-0.3, -0.25) is 0 Å². The summed E-state index contributed by atoms with van der Waals surface area (Å²) in [5.41, 5.74) is 1.65. The molecule has 0 bridgehead atoms. The van der Waals surface area contributed by atoms with Crippen molar-refractivity contribution in [2.45, 2.75) is 0 Å². The van der Waals surface area contributed by atoms with Crippen LogP contribution in [0.3, 0.4) is 0 Å². The number of hydrogen-bond donors (Lipinski definition) is 1. The molecule has 3 nitrogen and oxygen atoms in total. The van der Waals surface area contributed by atoms with E-state index in [0.717, 1.165) is 11.1 Å². The number of hydrogen-bond acceptors (Lipinski definition) is 3. The van der Waals surface area contributed by atoms with Crippen LogP contribution in [0, 0.1) is 0 Å². The Bertz CT molecular complexity index is 694. The quantitative estimate of drug-likeness (QED) is 0.740. The Morgan fingerprint density at radius 3 is 2.20 bits per heavy atom. The Morgan fingerprint density at radius 1 is 0.900 bits per heavy atom. The van der Waals surface area contributed by atoms with E-state index in [2.05, 4.69) is 4.98 Å². The Morgan fingerprint density at radius 2 is 1.55 bits per heavy atom. The van der Waals surface area contributed by atoms with Crippen molar-refractivity contribution in [3.8, 4) is 28.5 Å². The highest BCUT2D eigenvalue weighted by Gasteiger charge is 2.14. The molecule has 0 unspecified atom stereocenters. The van der Waals surface area contributed by atoms with E-state index in [1.807, 2.05) is 30.3 Å². The average Bonchev–Trinajstić information content (AvgIpc) is 2.83. The molecule has 0 spiro atoms. The smallest absolute Gasteiger partial charge is 0.228 e. The number of phenols is 1. The van der Waals surface area contributed by atoms with Crippen LogP contribution in [0.15, 0.2) is 59.0 Å². The third-order valence-electron chi connectivity index (χ3n) is 2.74. The van der Waals surface area contributed by atoms with Crippen molar-refractivity contribution in [3.05, 3.63) is 59.8 Å². The molecule has 0 fully saturated rings. The molecule has 0 aliphatic rings. The number of phenolic OH excluding ortho intramolecular Hbond substituents is 1. The number of halogens is 2. The van der Waals surface area contributed by atoms with Gasteiger partial charge in [-0.05, 0) is 24.3 Å². The molecular formula is C15H11Cl2NO2. The standard InChI is InChI=1S/C15H10ClNO2.ClH/c16-14-13(10-4-2-1-3-5-10)19-15(17-14)11-6-8-12(18)9-7-11;/h1-9,18H;1H. The minimum atomic E-state index is 0. The summed E-state index contributed by atoms with van der Waals surface area (Å²) in [7, 11) is 0. The topological polar surface area (TPSA) is 46.3 Å². The van der Waals surface area contributed by atoms with Gasteiger partial charge in [0.2, 0.25) is 5.89 Å². The zero-order valence-electron chi connectivity index (χ0n) is 10.3. The lowest BCUT2D eigenvalue weighted by atomic mass is 10.2. The number of nitrogens with zero attached hydrogens (tertiary/aromatic N) is 1. The lowest BCUT2D eigenvalue weighted by molar-refractivity contribution is 0.475. The fraction of sp³-hybridized carbons (Fsp3) is 0. The maximum absolute atomic E-state index is 9.26. The fourth-order valence-electron chi connectivity index (χ4n) is 1.80. The van der Waals surface area contributed by atoms with Gasteiger partial charge in [0.1, 0.15) is 5.75 Å². The molecule has 1 aromatic heterocycles. The summed E-state index contributed by atoms with van der Waals surface area (Å²) in [6.07, 6.45) is 0. The zero-order chi connectivity index (χ0) is 13.2. The van der Waals surface area contributed by atoms with Gasteiger partial charge in [-0.15, -0.1) is 12.4 Å². The fourth-order valence-corrected chi connectivity index (χ4v) is 2.02. The molecule has 20 heavy (non-hydrogen) atoms.